The van der Waals surface area contributed by atoms with E-state index >= 15 is 0 Å². The number of rotatable bonds is 1. The molecule has 0 aliphatic heterocycles. The molecule has 11 heavy (non-hydrogen) atoms. The van der Waals surface area contributed by atoms with Crippen LogP contribution in [-0.2, 0) is 25.8 Å². The van der Waals surface area contributed by atoms with Gasteiger partial charge in [0.05, 0.1) is 0 Å². The van der Waals surface area contributed by atoms with E-state index in [4.69, 9.17) is 0 Å². The number of nitrogens with zero attached hydrogens (tertiary/aromatic N) is 1. The van der Waals surface area contributed by atoms with E-state index in [9.17, 15) is 0 Å². The van der Waals surface area contributed by atoms with Crippen molar-refractivity contribution in [1.82, 2.24) is 0 Å². The minimum Gasteiger partial charge on any atom is -0.428 e. The monoisotopic (exact) mass is 179 g/mol. The summed E-state index contributed by atoms with van der Waals surface area (Å²) in [6.45, 7) is 3.90. The third-order valence-electron chi connectivity index (χ3n) is 1.47. The van der Waals surface area contributed by atoms with Crippen LogP contribution in [-0.4, -0.2) is 14.1 Å². The first-order valence-corrected chi connectivity index (χ1v) is 3.30. The van der Waals surface area contributed by atoms with Crippen LogP contribution in [0.2, 0.25) is 0 Å². The van der Waals surface area contributed by atoms with Gasteiger partial charge >= 0.3 is 0 Å². The maximum absolute atomic E-state index is 3.90. The molecule has 1 nitrogen and oxygen atoms in total. The molecule has 1 rings (SSSR count). The van der Waals surface area contributed by atoms with Gasteiger partial charge in [-0.1, -0.05) is 17.8 Å². The van der Waals surface area contributed by atoms with Crippen molar-refractivity contribution in [2.45, 2.75) is 0 Å². The van der Waals surface area contributed by atoms with E-state index < -0.39 is 0 Å². The van der Waals surface area contributed by atoms with Gasteiger partial charge in [0.1, 0.15) is 0 Å². The molecule has 0 unspecified atom stereocenters. The van der Waals surface area contributed by atoms with Gasteiger partial charge in [0, 0.05) is 25.8 Å². The second kappa shape index (κ2) is 4.60. The largest absolute Gasteiger partial charge is 0.428 e. The first kappa shape index (κ1) is 10.8. The van der Waals surface area contributed by atoms with E-state index in [1.54, 1.807) is 0 Å². The molecule has 0 heterocycles. The van der Waals surface area contributed by atoms with Crippen molar-refractivity contribution in [3.05, 3.63) is 36.8 Å². The Balaban J connectivity index is 0.000001000. The van der Waals surface area contributed by atoms with Gasteiger partial charge in [-0.15, -0.1) is 6.07 Å². The second-order valence-electron chi connectivity index (χ2n) is 2.52. The van der Waals surface area contributed by atoms with Crippen LogP contribution < -0.4 is 4.90 Å². The summed E-state index contributed by atoms with van der Waals surface area (Å²) < 4.78 is 0. The molecule has 0 spiro atoms. The van der Waals surface area contributed by atoms with Crippen molar-refractivity contribution in [1.29, 1.82) is 0 Å². The Morgan fingerprint density at radius 3 is 2.09 bits per heavy atom. The Kier molecular flexibility index (Phi) is 4.50. The fourth-order valence-electron chi connectivity index (χ4n) is 0.947. The molecule has 0 atom stereocenters. The number of hydrogen-bond donors (Lipinski definition) is 0. The maximum atomic E-state index is 3.90. The van der Waals surface area contributed by atoms with Crippen molar-refractivity contribution in [3.8, 4) is 0 Å². The minimum absolute atomic E-state index is 0. The molecule has 0 aromatic heterocycles. The summed E-state index contributed by atoms with van der Waals surface area (Å²) in [6, 6.07) is 8.08. The third-order valence-corrected chi connectivity index (χ3v) is 1.47. The fraction of sp³-hybridized carbons (Fsp3) is 0.222. The van der Waals surface area contributed by atoms with Crippen LogP contribution in [0.1, 0.15) is 5.56 Å². The second-order valence-corrected chi connectivity index (χ2v) is 2.52. The van der Waals surface area contributed by atoms with Crippen LogP contribution in [0.3, 0.4) is 0 Å². The van der Waals surface area contributed by atoms with Gasteiger partial charge in [0.15, 0.2) is 0 Å². The topological polar surface area (TPSA) is 3.24 Å². The normalized spacial score (nSPS) is 8.55. The van der Waals surface area contributed by atoms with Crippen molar-refractivity contribution in [2.75, 3.05) is 19.0 Å². The first-order valence-electron chi connectivity index (χ1n) is 3.30. The molecule has 0 aliphatic carbocycles. The summed E-state index contributed by atoms with van der Waals surface area (Å²) in [4.78, 5) is 2.06. The van der Waals surface area contributed by atoms with Crippen molar-refractivity contribution in [2.24, 2.45) is 0 Å². The zero-order valence-corrected chi connectivity index (χ0v) is 8.84. The average Bonchev–Trinajstić information content (AvgIpc) is 1.88. The number of anilines is 1. The third kappa shape index (κ3) is 2.70. The molecule has 1 aromatic rings. The first-order chi connectivity index (χ1) is 4.72. The van der Waals surface area contributed by atoms with Gasteiger partial charge in [0.2, 0.25) is 0 Å². The smallest absolute Gasteiger partial charge is 0 e. The molecule has 0 amide bonds. The Morgan fingerprint density at radius 1 is 1.18 bits per heavy atom. The SMILES string of the molecule is [CH2-]c1ccccc1N(C)C.[Sc]. The molecule has 0 saturated carbocycles. The van der Waals surface area contributed by atoms with Gasteiger partial charge in [-0.05, 0) is 14.1 Å². The van der Waals surface area contributed by atoms with Crippen LogP contribution in [0.25, 0.3) is 0 Å². The molecular weight excluding hydrogens is 167 g/mol. The van der Waals surface area contributed by atoms with E-state index in [0.29, 0.717) is 0 Å². The van der Waals surface area contributed by atoms with Crippen molar-refractivity contribution < 1.29 is 25.8 Å². The fourth-order valence-corrected chi connectivity index (χ4v) is 0.947. The Labute approximate surface area is 87.2 Å². The van der Waals surface area contributed by atoms with Crippen LogP contribution >= 0.6 is 0 Å². The van der Waals surface area contributed by atoms with E-state index in [1.165, 1.54) is 5.69 Å². The Morgan fingerprint density at radius 2 is 1.73 bits per heavy atom. The van der Waals surface area contributed by atoms with Crippen LogP contribution in [0.5, 0.6) is 0 Å². The molecule has 1 radical (unpaired) electrons. The number of benzene rings is 1. The summed E-state index contributed by atoms with van der Waals surface area (Å²) in [7, 11) is 4.04. The molecule has 2 heteroatoms. The Hall–Kier alpha value is -0.240. The number of para-hydroxylation sites is 1. The van der Waals surface area contributed by atoms with Crippen LogP contribution in [0.4, 0.5) is 5.69 Å². The molecular formula is C9H12NSc-. The summed E-state index contributed by atoms with van der Waals surface area (Å²) in [5.41, 5.74) is 2.26. The molecule has 0 aliphatic rings. The molecule has 57 valence electrons. The van der Waals surface area contributed by atoms with Crippen molar-refractivity contribution >= 4 is 5.69 Å². The van der Waals surface area contributed by atoms with E-state index in [-0.39, 0.29) is 25.8 Å². The van der Waals surface area contributed by atoms with E-state index in [2.05, 4.69) is 17.9 Å². The predicted molar refractivity (Wildman–Crippen MR) is 45.2 cm³/mol. The van der Waals surface area contributed by atoms with E-state index in [1.807, 2.05) is 32.3 Å². The quantitative estimate of drug-likeness (QED) is 0.595. The molecule has 1 aromatic carbocycles. The van der Waals surface area contributed by atoms with Crippen LogP contribution in [0.15, 0.2) is 24.3 Å². The number of hydrogen-bond acceptors (Lipinski definition) is 1. The Bertz CT molecular complexity index is 221. The van der Waals surface area contributed by atoms with Gasteiger partial charge in [-0.2, -0.15) is 18.6 Å². The van der Waals surface area contributed by atoms with Gasteiger partial charge in [0.25, 0.3) is 0 Å². The van der Waals surface area contributed by atoms with Gasteiger partial charge < -0.3 is 4.90 Å². The van der Waals surface area contributed by atoms with E-state index in [0.717, 1.165) is 5.56 Å². The summed E-state index contributed by atoms with van der Waals surface area (Å²) in [6.07, 6.45) is 0. The molecule has 0 saturated heterocycles. The summed E-state index contributed by atoms with van der Waals surface area (Å²) >= 11 is 0. The predicted octanol–water partition coefficient (Wildman–Crippen LogP) is 1.93. The molecule has 0 fully saturated rings. The van der Waals surface area contributed by atoms with Gasteiger partial charge in [-0.3, -0.25) is 0 Å². The van der Waals surface area contributed by atoms with Crippen LogP contribution in [0, 0.1) is 6.92 Å². The zero-order valence-electron chi connectivity index (χ0n) is 7.04. The summed E-state index contributed by atoms with van der Waals surface area (Å²) in [5, 5.41) is 0. The average molecular weight is 179 g/mol. The maximum Gasteiger partial charge on any atom is 0 e. The minimum atomic E-state index is 0. The standard InChI is InChI=1S/C9H12N.Sc/c1-8-6-4-5-7-9(8)10(2)3;/h4-7H,1H2,2-3H3;/q-1;. The molecule has 0 bridgehead atoms. The van der Waals surface area contributed by atoms with Crippen molar-refractivity contribution in [3.63, 3.8) is 0 Å². The van der Waals surface area contributed by atoms with Gasteiger partial charge in [-0.25, -0.2) is 0 Å². The zero-order chi connectivity index (χ0) is 7.56. The summed E-state index contributed by atoms with van der Waals surface area (Å²) in [5.74, 6) is 0. The molecule has 0 N–H and O–H groups in total.